The Kier molecular flexibility index (Phi) is 15.2. The van der Waals surface area contributed by atoms with Gasteiger partial charge in [0, 0.05) is 74.0 Å². The van der Waals surface area contributed by atoms with Crippen molar-refractivity contribution in [3.63, 3.8) is 0 Å². The molecule has 4 saturated heterocycles. The second-order valence-corrected chi connectivity index (χ2v) is 17.6. The molecule has 59 heavy (non-hydrogen) atoms. The maximum Gasteiger partial charge on any atom is 0.184 e. The summed E-state index contributed by atoms with van der Waals surface area (Å²) in [5, 5.41) is 10.7. The van der Waals surface area contributed by atoms with Crippen LogP contribution in [0.2, 0.25) is 0 Å². The molecule has 10 heteroatoms. The third-order valence-electron chi connectivity index (χ3n) is 11.9. The Bertz CT molecular complexity index is 1740. The smallest absolute Gasteiger partial charge is 0.184 e. The lowest BCUT2D eigenvalue weighted by Crippen LogP contribution is -2.48. The molecule has 4 heterocycles. The molecule has 0 saturated carbocycles. The molecule has 0 bridgehead atoms. The molecule has 0 unspecified atom stereocenters. The number of aldehydes is 1. The molecule has 3 aromatic carbocycles. The molecule has 0 amide bonds. The standard InChI is InChI=1S/C49H64O10/c1-32(2)45(51)33(3)21-22-37-25-39(54-46(52-37)34-15-9-6-10-16-34)27-41-28-42(57-48(56-41)36-19-13-8-14-20-36)30-44-31-43(58-49(4,5)59-44)29-40-26-38(23-24-50)53-47(55-40)35-17-11-7-12-18-35/h6-22,24,32-33,37-48,51H,23,25-31H2,1-5H3/b22-21+/t33-,37-,38-,39-,40-,41+,42+,43-,44-,45-,46-,47-,48+/m0/s1. The zero-order chi connectivity index (χ0) is 41.4. The van der Waals surface area contributed by atoms with E-state index in [4.69, 9.17) is 37.9 Å². The zero-order valence-electron chi connectivity index (χ0n) is 35.3. The molecule has 4 fully saturated rings. The average Bonchev–Trinajstić information content (AvgIpc) is 3.22. The van der Waals surface area contributed by atoms with Crippen molar-refractivity contribution in [1.29, 1.82) is 0 Å². The zero-order valence-corrected chi connectivity index (χ0v) is 35.3. The van der Waals surface area contributed by atoms with Gasteiger partial charge in [-0.1, -0.05) is 124 Å². The first-order valence-electron chi connectivity index (χ1n) is 21.7. The van der Waals surface area contributed by atoms with Crippen molar-refractivity contribution in [2.24, 2.45) is 11.8 Å². The highest BCUT2D eigenvalue weighted by molar-refractivity contribution is 5.50. The molecule has 0 aliphatic carbocycles. The molecule has 320 valence electrons. The number of carbonyl (C=O) groups is 1. The summed E-state index contributed by atoms with van der Waals surface area (Å²) in [7, 11) is 0. The Morgan fingerprint density at radius 3 is 1.42 bits per heavy atom. The number of ether oxygens (including phenoxy) is 8. The van der Waals surface area contributed by atoms with Gasteiger partial charge in [0.1, 0.15) is 6.29 Å². The minimum atomic E-state index is -0.809. The third-order valence-corrected chi connectivity index (χ3v) is 11.9. The van der Waals surface area contributed by atoms with Crippen LogP contribution >= 0.6 is 0 Å². The van der Waals surface area contributed by atoms with Crippen LogP contribution in [0.25, 0.3) is 0 Å². The van der Waals surface area contributed by atoms with Crippen LogP contribution in [0.15, 0.2) is 103 Å². The number of benzene rings is 3. The van der Waals surface area contributed by atoms with Gasteiger partial charge < -0.3 is 47.8 Å². The summed E-state index contributed by atoms with van der Waals surface area (Å²) >= 11 is 0. The minimum absolute atomic E-state index is 0.00643. The SMILES string of the molecule is CC(C)[C@H](O)[C@@H](C)/C=C/[C@H]1C[C@@H](C[C@@H]2C[C@H](C[C@H]3C[C@H](C[C@@H]4C[C@H](CC=O)O[C@H](c5ccccc5)O4)OC(C)(C)O3)O[C@H](c3ccccc3)O2)O[C@@H](c2ccccc2)O1. The molecule has 3 aromatic rings. The van der Waals surface area contributed by atoms with Crippen LogP contribution in [-0.4, -0.2) is 72.1 Å². The Balaban J connectivity index is 1.04. The fraction of sp³-hybridized carbons (Fsp3) is 0.571. The lowest BCUT2D eigenvalue weighted by molar-refractivity contribution is -0.320. The van der Waals surface area contributed by atoms with E-state index in [1.54, 1.807) is 0 Å². The van der Waals surface area contributed by atoms with Crippen LogP contribution in [0.4, 0.5) is 0 Å². The highest BCUT2D eigenvalue weighted by Crippen LogP contribution is 2.41. The van der Waals surface area contributed by atoms with Crippen molar-refractivity contribution in [2.75, 3.05) is 0 Å². The van der Waals surface area contributed by atoms with E-state index in [1.807, 2.05) is 126 Å². The second-order valence-electron chi connectivity index (χ2n) is 17.6. The van der Waals surface area contributed by atoms with E-state index in [0.29, 0.717) is 51.4 Å². The third kappa shape index (κ3) is 12.4. The van der Waals surface area contributed by atoms with Crippen molar-refractivity contribution >= 4 is 6.29 Å². The summed E-state index contributed by atoms with van der Waals surface area (Å²) in [4.78, 5) is 11.5. The lowest BCUT2D eigenvalue weighted by atomic mass is 9.92. The Morgan fingerprint density at radius 1 is 0.576 bits per heavy atom. The minimum Gasteiger partial charge on any atom is -0.392 e. The maximum absolute atomic E-state index is 11.5. The molecule has 4 aliphatic rings. The summed E-state index contributed by atoms with van der Waals surface area (Å²) in [5.41, 5.74) is 2.87. The molecule has 1 N–H and O–H groups in total. The predicted molar refractivity (Wildman–Crippen MR) is 223 cm³/mol. The van der Waals surface area contributed by atoms with Gasteiger partial charge in [0.2, 0.25) is 0 Å². The summed E-state index contributed by atoms with van der Waals surface area (Å²) < 4.78 is 52.6. The van der Waals surface area contributed by atoms with Crippen molar-refractivity contribution in [3.05, 3.63) is 120 Å². The van der Waals surface area contributed by atoms with Gasteiger partial charge in [-0.2, -0.15) is 0 Å². The van der Waals surface area contributed by atoms with Gasteiger partial charge in [0.25, 0.3) is 0 Å². The molecular formula is C49H64O10. The van der Waals surface area contributed by atoms with Crippen LogP contribution in [0.3, 0.4) is 0 Å². The van der Waals surface area contributed by atoms with Gasteiger partial charge in [0.05, 0.1) is 54.9 Å². The van der Waals surface area contributed by atoms with Crippen LogP contribution in [0, 0.1) is 11.8 Å². The lowest BCUT2D eigenvalue weighted by Gasteiger charge is -2.45. The molecule has 13 atom stereocenters. The highest BCUT2D eigenvalue weighted by Gasteiger charge is 2.42. The van der Waals surface area contributed by atoms with Crippen molar-refractivity contribution in [2.45, 2.75) is 166 Å². The van der Waals surface area contributed by atoms with Crippen LogP contribution in [-0.2, 0) is 42.7 Å². The summed E-state index contributed by atoms with van der Waals surface area (Å²) in [6.45, 7) is 10.1. The second kappa shape index (κ2) is 20.5. The number of aliphatic hydroxyl groups is 1. The fourth-order valence-corrected chi connectivity index (χ4v) is 9.01. The Labute approximate surface area is 350 Å². The van der Waals surface area contributed by atoms with Gasteiger partial charge >= 0.3 is 0 Å². The topological polar surface area (TPSA) is 111 Å². The van der Waals surface area contributed by atoms with Gasteiger partial charge in [-0.25, -0.2) is 0 Å². The number of carbonyl (C=O) groups excluding carboxylic acids is 1. The van der Waals surface area contributed by atoms with Gasteiger partial charge in [-0.3, -0.25) is 0 Å². The quantitative estimate of drug-likeness (QED) is 0.118. The van der Waals surface area contributed by atoms with Crippen LogP contribution in [0.1, 0.15) is 122 Å². The average molecular weight is 813 g/mol. The highest BCUT2D eigenvalue weighted by atomic mass is 16.7. The molecule has 7 rings (SSSR count). The molecule has 10 nitrogen and oxygen atoms in total. The number of hydrogen-bond donors (Lipinski definition) is 1. The van der Waals surface area contributed by atoms with Crippen LogP contribution in [0.5, 0.6) is 0 Å². The van der Waals surface area contributed by atoms with E-state index in [1.165, 1.54) is 0 Å². The number of rotatable bonds is 15. The van der Waals surface area contributed by atoms with E-state index in [-0.39, 0.29) is 60.7 Å². The summed E-state index contributed by atoms with van der Waals surface area (Å²) in [5.74, 6) is -0.657. The van der Waals surface area contributed by atoms with Crippen LogP contribution < -0.4 is 0 Å². The Morgan fingerprint density at radius 2 is 0.966 bits per heavy atom. The van der Waals surface area contributed by atoms with Gasteiger partial charge in [-0.05, 0) is 19.8 Å². The first-order valence-corrected chi connectivity index (χ1v) is 21.7. The summed E-state index contributed by atoms with van der Waals surface area (Å²) in [6, 6.07) is 30.1. The number of hydrogen-bond acceptors (Lipinski definition) is 10. The molecule has 0 aromatic heterocycles. The molecule has 0 spiro atoms. The normalized spacial score (nSPS) is 33.7. The molecule has 4 aliphatic heterocycles. The van der Waals surface area contributed by atoms with Crippen molar-refractivity contribution < 1.29 is 47.8 Å². The van der Waals surface area contributed by atoms with Crippen molar-refractivity contribution in [1.82, 2.24) is 0 Å². The fourth-order valence-electron chi connectivity index (χ4n) is 9.01. The van der Waals surface area contributed by atoms with E-state index in [0.717, 1.165) is 23.0 Å². The van der Waals surface area contributed by atoms with Gasteiger partial charge in [0.15, 0.2) is 24.7 Å². The predicted octanol–water partition coefficient (Wildman–Crippen LogP) is 9.48. The molecule has 0 radical (unpaired) electrons. The van der Waals surface area contributed by atoms with Crippen molar-refractivity contribution in [3.8, 4) is 0 Å². The summed E-state index contributed by atoms with van der Waals surface area (Å²) in [6.07, 6.45) is 6.78. The molecular weight excluding hydrogens is 749 g/mol. The first kappa shape index (κ1) is 43.8. The van der Waals surface area contributed by atoms with E-state index in [9.17, 15) is 9.90 Å². The Hall–Kier alpha value is -3.29. The first-order chi connectivity index (χ1) is 28.5. The van der Waals surface area contributed by atoms with Gasteiger partial charge in [-0.15, -0.1) is 0 Å². The largest absolute Gasteiger partial charge is 0.392 e. The van der Waals surface area contributed by atoms with E-state index >= 15 is 0 Å². The van der Waals surface area contributed by atoms with E-state index < -0.39 is 30.8 Å². The van der Waals surface area contributed by atoms with E-state index in [2.05, 4.69) is 12.2 Å². The number of aliphatic hydroxyl groups excluding tert-OH is 1. The monoisotopic (exact) mass is 812 g/mol. The maximum atomic E-state index is 11.5.